The first-order valence-corrected chi connectivity index (χ1v) is 8.07. The molecule has 1 unspecified atom stereocenters. The van der Waals surface area contributed by atoms with Crippen LogP contribution in [-0.2, 0) is 0 Å². The second-order valence-corrected chi connectivity index (χ2v) is 6.17. The number of para-hydroxylation sites is 1. The maximum Gasteiger partial charge on any atom is 0.124 e. The van der Waals surface area contributed by atoms with Crippen LogP contribution in [0.1, 0.15) is 36.6 Å². The molecule has 0 saturated carbocycles. The van der Waals surface area contributed by atoms with Crippen LogP contribution in [-0.4, -0.2) is 6.61 Å². The molecule has 0 aliphatic rings. The monoisotopic (exact) mass is 347 g/mol. The first kappa shape index (κ1) is 15.9. The van der Waals surface area contributed by atoms with Crippen molar-refractivity contribution in [2.24, 2.45) is 0 Å². The van der Waals surface area contributed by atoms with Crippen LogP contribution in [0.15, 0.2) is 40.9 Å². The lowest BCUT2D eigenvalue weighted by molar-refractivity contribution is 0.335. The minimum absolute atomic E-state index is 0.186. The van der Waals surface area contributed by atoms with Gasteiger partial charge in [0.15, 0.2) is 0 Å². The van der Waals surface area contributed by atoms with Crippen molar-refractivity contribution in [2.45, 2.75) is 33.7 Å². The third-order valence-corrected chi connectivity index (χ3v) is 4.00. The number of rotatable bonds is 5. The number of aryl methyl sites for hydroxylation is 2. The van der Waals surface area contributed by atoms with E-state index >= 15 is 0 Å². The van der Waals surface area contributed by atoms with Gasteiger partial charge in [-0.3, -0.25) is 0 Å². The minimum atomic E-state index is 0.186. The first-order chi connectivity index (χ1) is 10.0. The standard InChI is InChI=1S/C18H22BrNO/c1-5-21-17-9-7-6-8-16(17)14(4)20-18-12(2)10-15(19)11-13(18)3/h6-11,14,20H,5H2,1-4H3. The van der Waals surface area contributed by atoms with Gasteiger partial charge in [0.05, 0.1) is 12.6 Å². The molecule has 2 nitrogen and oxygen atoms in total. The highest BCUT2D eigenvalue weighted by Gasteiger charge is 2.13. The summed E-state index contributed by atoms with van der Waals surface area (Å²) in [6, 6.07) is 12.7. The van der Waals surface area contributed by atoms with Gasteiger partial charge in [-0.15, -0.1) is 0 Å². The zero-order valence-corrected chi connectivity index (χ0v) is 14.6. The normalized spacial score (nSPS) is 12.0. The van der Waals surface area contributed by atoms with Crippen molar-refractivity contribution in [3.05, 3.63) is 57.6 Å². The third-order valence-electron chi connectivity index (χ3n) is 3.54. The van der Waals surface area contributed by atoms with Gasteiger partial charge in [-0.1, -0.05) is 34.1 Å². The summed E-state index contributed by atoms with van der Waals surface area (Å²) in [6.45, 7) is 9.11. The highest BCUT2D eigenvalue weighted by atomic mass is 79.9. The molecule has 21 heavy (non-hydrogen) atoms. The molecule has 0 spiro atoms. The minimum Gasteiger partial charge on any atom is -0.494 e. The molecule has 0 heterocycles. The number of hydrogen-bond donors (Lipinski definition) is 1. The van der Waals surface area contributed by atoms with Crippen LogP contribution in [0.25, 0.3) is 0 Å². The largest absolute Gasteiger partial charge is 0.494 e. The van der Waals surface area contributed by atoms with Crippen LogP contribution in [0.5, 0.6) is 5.75 Å². The maximum atomic E-state index is 5.73. The maximum absolute atomic E-state index is 5.73. The number of hydrogen-bond acceptors (Lipinski definition) is 2. The quantitative estimate of drug-likeness (QED) is 0.755. The molecule has 1 N–H and O–H groups in total. The lowest BCUT2D eigenvalue weighted by atomic mass is 10.0. The van der Waals surface area contributed by atoms with Crippen molar-refractivity contribution < 1.29 is 4.74 Å². The Hall–Kier alpha value is -1.48. The summed E-state index contributed by atoms with van der Waals surface area (Å²) in [7, 11) is 0. The van der Waals surface area contributed by atoms with E-state index in [1.807, 2.05) is 19.1 Å². The van der Waals surface area contributed by atoms with Crippen LogP contribution in [0, 0.1) is 13.8 Å². The summed E-state index contributed by atoms with van der Waals surface area (Å²) < 4.78 is 6.84. The molecule has 0 aliphatic heterocycles. The van der Waals surface area contributed by atoms with Gasteiger partial charge < -0.3 is 10.1 Å². The van der Waals surface area contributed by atoms with E-state index < -0.39 is 0 Å². The third kappa shape index (κ3) is 3.79. The lowest BCUT2D eigenvalue weighted by Gasteiger charge is -2.22. The molecule has 2 aromatic carbocycles. The van der Waals surface area contributed by atoms with Gasteiger partial charge in [-0.2, -0.15) is 0 Å². The highest BCUT2D eigenvalue weighted by Crippen LogP contribution is 2.31. The average Bonchev–Trinajstić information content (AvgIpc) is 2.43. The summed E-state index contributed by atoms with van der Waals surface area (Å²) >= 11 is 3.54. The van der Waals surface area contributed by atoms with E-state index in [1.54, 1.807) is 0 Å². The van der Waals surface area contributed by atoms with Crippen LogP contribution in [0.2, 0.25) is 0 Å². The summed E-state index contributed by atoms with van der Waals surface area (Å²) in [5.41, 5.74) is 4.85. The Balaban J connectivity index is 2.28. The van der Waals surface area contributed by atoms with E-state index in [0.29, 0.717) is 6.61 Å². The molecule has 0 amide bonds. The Morgan fingerprint density at radius 2 is 1.76 bits per heavy atom. The fourth-order valence-corrected chi connectivity index (χ4v) is 3.24. The molecule has 0 bridgehead atoms. The number of benzene rings is 2. The molecule has 112 valence electrons. The summed E-state index contributed by atoms with van der Waals surface area (Å²) in [6.07, 6.45) is 0. The zero-order chi connectivity index (χ0) is 15.4. The van der Waals surface area contributed by atoms with Crippen LogP contribution in [0.3, 0.4) is 0 Å². The van der Waals surface area contributed by atoms with Gasteiger partial charge in [-0.25, -0.2) is 0 Å². The predicted octanol–water partition coefficient (Wildman–Crippen LogP) is 5.64. The van der Waals surface area contributed by atoms with Crippen LogP contribution < -0.4 is 10.1 Å². The summed E-state index contributed by atoms with van der Waals surface area (Å²) in [5, 5.41) is 3.62. The van der Waals surface area contributed by atoms with Gasteiger partial charge in [0.2, 0.25) is 0 Å². The van der Waals surface area contributed by atoms with E-state index in [1.165, 1.54) is 22.4 Å². The SMILES string of the molecule is CCOc1ccccc1C(C)Nc1c(C)cc(Br)cc1C. The molecular weight excluding hydrogens is 326 g/mol. The number of ether oxygens (including phenoxy) is 1. The van der Waals surface area contributed by atoms with Crippen molar-refractivity contribution in [3.8, 4) is 5.75 Å². The molecule has 0 aromatic heterocycles. The van der Waals surface area contributed by atoms with Crippen LogP contribution >= 0.6 is 15.9 Å². The van der Waals surface area contributed by atoms with Crippen molar-refractivity contribution >= 4 is 21.6 Å². The fraction of sp³-hybridized carbons (Fsp3) is 0.333. The topological polar surface area (TPSA) is 21.3 Å². The average molecular weight is 348 g/mol. The van der Waals surface area contributed by atoms with E-state index in [9.17, 15) is 0 Å². The lowest BCUT2D eigenvalue weighted by Crippen LogP contribution is -2.10. The summed E-state index contributed by atoms with van der Waals surface area (Å²) in [4.78, 5) is 0. The smallest absolute Gasteiger partial charge is 0.124 e. The fourth-order valence-electron chi connectivity index (χ4n) is 2.56. The van der Waals surface area contributed by atoms with E-state index in [0.717, 1.165) is 10.2 Å². The van der Waals surface area contributed by atoms with Crippen molar-refractivity contribution in [2.75, 3.05) is 11.9 Å². The molecule has 0 fully saturated rings. The predicted molar refractivity (Wildman–Crippen MR) is 93.3 cm³/mol. The molecule has 1 atom stereocenters. The Bertz CT molecular complexity index is 601. The second kappa shape index (κ2) is 6.99. The molecule has 2 rings (SSSR count). The van der Waals surface area contributed by atoms with E-state index in [4.69, 9.17) is 4.74 Å². The molecule has 0 saturated heterocycles. The Morgan fingerprint density at radius 3 is 2.38 bits per heavy atom. The number of nitrogens with one attached hydrogen (secondary N) is 1. The van der Waals surface area contributed by atoms with Crippen molar-refractivity contribution in [3.63, 3.8) is 0 Å². The van der Waals surface area contributed by atoms with Gasteiger partial charge in [0, 0.05) is 15.7 Å². The first-order valence-electron chi connectivity index (χ1n) is 7.28. The Labute approximate surface area is 135 Å². The van der Waals surface area contributed by atoms with Gasteiger partial charge in [-0.05, 0) is 57.0 Å². The van der Waals surface area contributed by atoms with Crippen molar-refractivity contribution in [1.29, 1.82) is 0 Å². The molecule has 2 aromatic rings. The zero-order valence-electron chi connectivity index (χ0n) is 13.0. The highest BCUT2D eigenvalue weighted by molar-refractivity contribution is 9.10. The molecule has 3 heteroatoms. The molecular formula is C18H22BrNO. The van der Waals surface area contributed by atoms with Crippen molar-refractivity contribution in [1.82, 2.24) is 0 Å². The number of halogens is 1. The Kier molecular flexibility index (Phi) is 5.29. The second-order valence-electron chi connectivity index (χ2n) is 5.25. The van der Waals surface area contributed by atoms with Crippen LogP contribution in [0.4, 0.5) is 5.69 Å². The molecule has 0 radical (unpaired) electrons. The van der Waals surface area contributed by atoms with Gasteiger partial charge in [0.25, 0.3) is 0 Å². The number of anilines is 1. The van der Waals surface area contributed by atoms with Gasteiger partial charge in [0.1, 0.15) is 5.75 Å². The Morgan fingerprint density at radius 1 is 1.14 bits per heavy atom. The molecule has 0 aliphatic carbocycles. The van der Waals surface area contributed by atoms with E-state index in [-0.39, 0.29) is 6.04 Å². The van der Waals surface area contributed by atoms with E-state index in [2.05, 4.69) is 66.3 Å². The summed E-state index contributed by atoms with van der Waals surface area (Å²) in [5.74, 6) is 0.951. The van der Waals surface area contributed by atoms with Gasteiger partial charge >= 0.3 is 0 Å².